The van der Waals surface area contributed by atoms with E-state index in [0.717, 1.165) is 11.1 Å². The SMILES string of the molecule is CCOc1cc(/C=C(/C#N)c2ccc(Cl)cc2)c(Br)cc1O. The third kappa shape index (κ3) is 3.82. The van der Waals surface area contributed by atoms with Crippen molar-refractivity contribution in [2.75, 3.05) is 6.61 Å². The number of phenolic OH excluding ortho intramolecular Hbond substituents is 1. The van der Waals surface area contributed by atoms with Crippen molar-refractivity contribution in [2.45, 2.75) is 6.92 Å². The highest BCUT2D eigenvalue weighted by Gasteiger charge is 2.09. The molecular weight excluding hydrogens is 366 g/mol. The zero-order valence-electron chi connectivity index (χ0n) is 11.8. The van der Waals surface area contributed by atoms with Crippen LogP contribution in [0.2, 0.25) is 5.02 Å². The lowest BCUT2D eigenvalue weighted by Gasteiger charge is -2.09. The number of aromatic hydroxyl groups is 1. The number of allylic oxidation sites excluding steroid dienone is 1. The van der Waals surface area contributed by atoms with Gasteiger partial charge in [-0.25, -0.2) is 0 Å². The molecule has 2 aromatic carbocycles. The van der Waals surface area contributed by atoms with Gasteiger partial charge in [-0.3, -0.25) is 0 Å². The number of phenols is 1. The minimum atomic E-state index is 0.0517. The van der Waals surface area contributed by atoms with Crippen LogP contribution in [-0.4, -0.2) is 11.7 Å². The van der Waals surface area contributed by atoms with Gasteiger partial charge in [0.15, 0.2) is 11.5 Å². The molecule has 0 bridgehead atoms. The van der Waals surface area contributed by atoms with Gasteiger partial charge in [-0.15, -0.1) is 0 Å². The molecule has 2 aromatic rings. The van der Waals surface area contributed by atoms with Gasteiger partial charge in [0.25, 0.3) is 0 Å². The molecule has 0 spiro atoms. The van der Waals surface area contributed by atoms with Crippen LogP contribution in [-0.2, 0) is 0 Å². The Labute approximate surface area is 142 Å². The second kappa shape index (κ2) is 7.35. The van der Waals surface area contributed by atoms with Crippen molar-refractivity contribution in [3.05, 3.63) is 57.0 Å². The molecule has 0 aliphatic rings. The first-order valence-electron chi connectivity index (χ1n) is 6.58. The van der Waals surface area contributed by atoms with E-state index in [1.807, 2.05) is 6.92 Å². The summed E-state index contributed by atoms with van der Waals surface area (Å²) in [6.45, 7) is 2.28. The maximum absolute atomic E-state index is 9.83. The smallest absolute Gasteiger partial charge is 0.161 e. The Balaban J connectivity index is 2.47. The molecule has 0 unspecified atom stereocenters. The topological polar surface area (TPSA) is 53.2 Å². The van der Waals surface area contributed by atoms with Crippen LogP contribution in [0.25, 0.3) is 11.6 Å². The molecule has 0 radical (unpaired) electrons. The zero-order chi connectivity index (χ0) is 16.1. The number of hydrogen-bond acceptors (Lipinski definition) is 3. The molecule has 0 saturated heterocycles. The summed E-state index contributed by atoms with van der Waals surface area (Å²) >= 11 is 9.25. The Hall–Kier alpha value is -1.96. The van der Waals surface area contributed by atoms with E-state index in [1.165, 1.54) is 0 Å². The summed E-state index contributed by atoms with van der Waals surface area (Å²) in [6, 6.07) is 12.5. The highest BCUT2D eigenvalue weighted by Crippen LogP contribution is 2.34. The van der Waals surface area contributed by atoms with Crippen LogP contribution in [0.4, 0.5) is 0 Å². The van der Waals surface area contributed by atoms with E-state index in [4.69, 9.17) is 16.3 Å². The van der Waals surface area contributed by atoms with Gasteiger partial charge in [0.2, 0.25) is 0 Å². The number of nitriles is 1. The molecule has 0 fully saturated rings. The van der Waals surface area contributed by atoms with Crippen molar-refractivity contribution in [2.24, 2.45) is 0 Å². The average molecular weight is 379 g/mol. The number of nitrogens with zero attached hydrogens (tertiary/aromatic N) is 1. The summed E-state index contributed by atoms with van der Waals surface area (Å²) in [5.74, 6) is 0.432. The molecule has 112 valence electrons. The van der Waals surface area contributed by atoms with Crippen LogP contribution in [0.1, 0.15) is 18.1 Å². The molecular formula is C17H13BrClNO2. The molecule has 5 heteroatoms. The summed E-state index contributed by atoms with van der Waals surface area (Å²) in [5.41, 5.74) is 2.00. The number of halogens is 2. The lowest BCUT2D eigenvalue weighted by atomic mass is 10.0. The molecule has 0 aromatic heterocycles. The van der Waals surface area contributed by atoms with Crippen molar-refractivity contribution in [1.29, 1.82) is 5.26 Å². The van der Waals surface area contributed by atoms with Crippen LogP contribution in [0.15, 0.2) is 40.9 Å². The van der Waals surface area contributed by atoms with Gasteiger partial charge in [0.05, 0.1) is 18.2 Å². The monoisotopic (exact) mass is 377 g/mol. The van der Waals surface area contributed by atoms with Crippen LogP contribution < -0.4 is 4.74 Å². The van der Waals surface area contributed by atoms with E-state index >= 15 is 0 Å². The van der Waals surface area contributed by atoms with Crippen LogP contribution >= 0.6 is 27.5 Å². The first-order chi connectivity index (χ1) is 10.5. The van der Waals surface area contributed by atoms with Crippen molar-refractivity contribution in [3.8, 4) is 17.6 Å². The summed E-state index contributed by atoms with van der Waals surface area (Å²) in [6.07, 6.45) is 1.73. The molecule has 1 N–H and O–H groups in total. The minimum Gasteiger partial charge on any atom is -0.504 e. The van der Waals surface area contributed by atoms with Gasteiger partial charge in [0, 0.05) is 9.50 Å². The van der Waals surface area contributed by atoms with E-state index in [2.05, 4.69) is 22.0 Å². The van der Waals surface area contributed by atoms with Gasteiger partial charge < -0.3 is 9.84 Å². The maximum Gasteiger partial charge on any atom is 0.161 e. The molecule has 0 amide bonds. The Morgan fingerprint density at radius 1 is 1.36 bits per heavy atom. The van der Waals surface area contributed by atoms with E-state index in [1.54, 1.807) is 42.5 Å². The second-order valence-electron chi connectivity index (χ2n) is 4.45. The van der Waals surface area contributed by atoms with Gasteiger partial charge in [0.1, 0.15) is 0 Å². The van der Waals surface area contributed by atoms with Gasteiger partial charge in [-0.2, -0.15) is 5.26 Å². The average Bonchev–Trinajstić information content (AvgIpc) is 2.50. The fourth-order valence-corrected chi connectivity index (χ4v) is 2.48. The lowest BCUT2D eigenvalue weighted by Crippen LogP contribution is -1.93. The maximum atomic E-state index is 9.83. The molecule has 0 aliphatic carbocycles. The van der Waals surface area contributed by atoms with Gasteiger partial charge in [-0.1, -0.05) is 39.7 Å². The van der Waals surface area contributed by atoms with E-state index < -0.39 is 0 Å². The second-order valence-corrected chi connectivity index (χ2v) is 5.74. The zero-order valence-corrected chi connectivity index (χ0v) is 14.1. The number of hydrogen-bond donors (Lipinski definition) is 1. The number of benzene rings is 2. The van der Waals surface area contributed by atoms with Crippen LogP contribution in [0, 0.1) is 11.3 Å². The lowest BCUT2D eigenvalue weighted by molar-refractivity contribution is 0.318. The summed E-state index contributed by atoms with van der Waals surface area (Å²) in [4.78, 5) is 0. The normalized spacial score (nSPS) is 11.1. The molecule has 0 saturated carbocycles. The molecule has 3 nitrogen and oxygen atoms in total. The van der Waals surface area contributed by atoms with Crippen LogP contribution in [0.3, 0.4) is 0 Å². The molecule has 2 rings (SSSR count). The van der Waals surface area contributed by atoms with Crippen molar-refractivity contribution in [1.82, 2.24) is 0 Å². The van der Waals surface area contributed by atoms with E-state index in [9.17, 15) is 10.4 Å². The fourth-order valence-electron chi connectivity index (χ4n) is 1.91. The Kier molecular flexibility index (Phi) is 5.48. The van der Waals surface area contributed by atoms with Crippen molar-refractivity contribution in [3.63, 3.8) is 0 Å². The van der Waals surface area contributed by atoms with Crippen LogP contribution in [0.5, 0.6) is 11.5 Å². The first-order valence-corrected chi connectivity index (χ1v) is 7.75. The summed E-state index contributed by atoms with van der Waals surface area (Å²) in [5, 5.41) is 19.8. The quantitative estimate of drug-likeness (QED) is 0.582. The summed E-state index contributed by atoms with van der Waals surface area (Å²) in [7, 11) is 0. The number of ether oxygens (including phenoxy) is 1. The number of rotatable bonds is 4. The highest BCUT2D eigenvalue weighted by molar-refractivity contribution is 9.10. The predicted octanol–water partition coefficient (Wildman–Crippen LogP) is 5.27. The standard InChI is InChI=1S/C17H13BrClNO2/c1-2-22-17-8-12(15(18)9-16(17)21)7-13(10-20)11-3-5-14(19)6-4-11/h3-9,21H,2H2,1H3/b13-7-. The summed E-state index contributed by atoms with van der Waals surface area (Å²) < 4.78 is 6.04. The van der Waals surface area contributed by atoms with E-state index in [-0.39, 0.29) is 5.75 Å². The molecule has 0 atom stereocenters. The first kappa shape index (κ1) is 16.4. The van der Waals surface area contributed by atoms with Gasteiger partial charge in [-0.05, 0) is 48.4 Å². The highest BCUT2D eigenvalue weighted by atomic mass is 79.9. The molecule has 22 heavy (non-hydrogen) atoms. The predicted molar refractivity (Wildman–Crippen MR) is 91.9 cm³/mol. The van der Waals surface area contributed by atoms with Gasteiger partial charge >= 0.3 is 0 Å². The third-order valence-electron chi connectivity index (χ3n) is 2.95. The Morgan fingerprint density at radius 3 is 2.64 bits per heavy atom. The minimum absolute atomic E-state index is 0.0517. The largest absolute Gasteiger partial charge is 0.504 e. The van der Waals surface area contributed by atoms with Crippen molar-refractivity contribution < 1.29 is 9.84 Å². The molecule has 0 aliphatic heterocycles. The van der Waals surface area contributed by atoms with E-state index in [0.29, 0.717) is 27.4 Å². The molecule has 0 heterocycles. The Morgan fingerprint density at radius 2 is 2.05 bits per heavy atom. The fraction of sp³-hybridized carbons (Fsp3) is 0.118. The third-order valence-corrected chi connectivity index (χ3v) is 3.89. The Bertz CT molecular complexity index is 748. The van der Waals surface area contributed by atoms with Crippen molar-refractivity contribution >= 4 is 39.2 Å².